The predicted octanol–water partition coefficient (Wildman–Crippen LogP) is 1.34. The van der Waals surface area contributed by atoms with Gasteiger partial charge in [-0.15, -0.1) is 0 Å². The highest BCUT2D eigenvalue weighted by Crippen LogP contribution is 2.31. The van der Waals surface area contributed by atoms with Gasteiger partial charge in [0.2, 0.25) is 11.8 Å². The van der Waals surface area contributed by atoms with Crippen LogP contribution in [0.25, 0.3) is 0 Å². The Balaban J connectivity index is 1.52. The van der Waals surface area contributed by atoms with Crippen molar-refractivity contribution in [2.24, 2.45) is 10.9 Å². The molecule has 152 valence electrons. The molecule has 3 rings (SSSR count). The molecule has 3 fully saturated rings. The Kier molecular flexibility index (Phi) is 6.96. The van der Waals surface area contributed by atoms with E-state index in [4.69, 9.17) is 0 Å². The summed E-state index contributed by atoms with van der Waals surface area (Å²) in [4.78, 5) is 32.3. The van der Waals surface area contributed by atoms with Crippen LogP contribution in [0.15, 0.2) is 4.99 Å². The van der Waals surface area contributed by atoms with E-state index in [1.54, 1.807) is 19.0 Å². The molecule has 2 saturated carbocycles. The molecule has 1 aliphatic heterocycles. The average molecular weight is 378 g/mol. The molecular weight excluding hydrogens is 342 g/mol. The molecule has 2 N–H and O–H groups in total. The monoisotopic (exact) mass is 377 g/mol. The number of likely N-dealkylation sites (tertiary alicyclic amines) is 1. The van der Waals surface area contributed by atoms with E-state index in [2.05, 4.69) is 15.6 Å². The zero-order valence-corrected chi connectivity index (χ0v) is 16.9. The summed E-state index contributed by atoms with van der Waals surface area (Å²) in [5.74, 6) is 1.41. The number of piperidine rings is 1. The molecule has 0 unspecified atom stereocenters. The molecule has 0 aromatic heterocycles. The zero-order chi connectivity index (χ0) is 19.2. The summed E-state index contributed by atoms with van der Waals surface area (Å²) < 4.78 is 0. The molecule has 0 spiro atoms. The molecule has 2 aliphatic carbocycles. The van der Waals surface area contributed by atoms with Crippen molar-refractivity contribution in [3.63, 3.8) is 0 Å². The number of carbonyl (C=O) groups is 2. The topological polar surface area (TPSA) is 77.0 Å². The Hall–Kier alpha value is -1.79. The summed E-state index contributed by atoms with van der Waals surface area (Å²) in [6.07, 6.45) is 10.2. The molecule has 1 saturated heterocycles. The van der Waals surface area contributed by atoms with Crippen molar-refractivity contribution in [3.05, 3.63) is 0 Å². The van der Waals surface area contributed by atoms with E-state index in [1.165, 1.54) is 19.3 Å². The highest BCUT2D eigenvalue weighted by molar-refractivity contribution is 5.85. The van der Waals surface area contributed by atoms with Crippen LogP contribution in [-0.2, 0) is 9.59 Å². The molecule has 3 aliphatic rings. The zero-order valence-electron chi connectivity index (χ0n) is 16.9. The molecule has 7 nitrogen and oxygen atoms in total. The van der Waals surface area contributed by atoms with Gasteiger partial charge in [0.15, 0.2) is 5.96 Å². The molecule has 2 amide bonds. The number of carbonyl (C=O) groups excluding carboxylic acids is 2. The Bertz CT molecular complexity index is 545. The Morgan fingerprint density at radius 2 is 1.52 bits per heavy atom. The van der Waals surface area contributed by atoms with Crippen molar-refractivity contribution in [1.29, 1.82) is 0 Å². The first-order chi connectivity index (χ1) is 13.0. The molecule has 1 heterocycles. The van der Waals surface area contributed by atoms with Crippen LogP contribution >= 0.6 is 0 Å². The summed E-state index contributed by atoms with van der Waals surface area (Å²) in [6, 6.07) is 0.744. The minimum atomic E-state index is 0.00425. The predicted molar refractivity (Wildman–Crippen MR) is 106 cm³/mol. The highest BCUT2D eigenvalue weighted by atomic mass is 16.2. The van der Waals surface area contributed by atoms with Crippen LogP contribution < -0.4 is 10.6 Å². The number of guanidine groups is 1. The van der Waals surface area contributed by atoms with Gasteiger partial charge in [-0.25, -0.2) is 4.99 Å². The lowest BCUT2D eigenvalue weighted by Gasteiger charge is -2.34. The first-order valence-corrected chi connectivity index (χ1v) is 10.6. The standard InChI is InChI=1S/C20H35N5O2/c1-24(2)18(26)14-21-20(22-16-6-4-3-5-7-16)23-17-10-12-25(13-11-17)19(27)15-8-9-15/h15-17H,3-14H2,1-2H3,(H2,21,22,23). The van der Waals surface area contributed by atoms with E-state index in [0.29, 0.717) is 23.9 Å². The summed E-state index contributed by atoms with van der Waals surface area (Å²) in [5, 5.41) is 7.08. The van der Waals surface area contributed by atoms with Crippen LogP contribution in [0, 0.1) is 5.92 Å². The van der Waals surface area contributed by atoms with Gasteiger partial charge in [-0.2, -0.15) is 0 Å². The Labute approximate surface area is 162 Å². The molecule has 0 aromatic carbocycles. The quantitative estimate of drug-likeness (QED) is 0.560. The summed E-state index contributed by atoms with van der Waals surface area (Å²) in [6.45, 7) is 1.80. The van der Waals surface area contributed by atoms with Gasteiger partial charge in [-0.05, 0) is 38.5 Å². The highest BCUT2D eigenvalue weighted by Gasteiger charge is 2.35. The Morgan fingerprint density at radius 1 is 0.926 bits per heavy atom. The lowest BCUT2D eigenvalue weighted by molar-refractivity contribution is -0.133. The SMILES string of the molecule is CN(C)C(=O)CN=C(NC1CCCCC1)NC1CCN(C(=O)C2CC2)CC1. The van der Waals surface area contributed by atoms with Gasteiger partial charge in [0.25, 0.3) is 0 Å². The number of amides is 2. The van der Waals surface area contributed by atoms with E-state index in [0.717, 1.165) is 57.6 Å². The van der Waals surface area contributed by atoms with Crippen LogP contribution in [-0.4, -0.2) is 73.4 Å². The second kappa shape index (κ2) is 9.42. The second-order valence-electron chi connectivity index (χ2n) is 8.45. The maximum absolute atomic E-state index is 12.2. The molecule has 7 heteroatoms. The maximum atomic E-state index is 12.2. The van der Waals surface area contributed by atoms with Gasteiger partial charge in [-0.1, -0.05) is 19.3 Å². The number of aliphatic imine (C=N–C) groups is 1. The maximum Gasteiger partial charge on any atom is 0.243 e. The summed E-state index contributed by atoms with van der Waals surface area (Å²) in [5.41, 5.74) is 0. The van der Waals surface area contributed by atoms with Gasteiger partial charge in [0, 0.05) is 45.2 Å². The third kappa shape index (κ3) is 6.11. The molecule has 0 atom stereocenters. The van der Waals surface area contributed by atoms with Crippen molar-refractivity contribution >= 4 is 17.8 Å². The smallest absolute Gasteiger partial charge is 0.243 e. The number of hydrogen-bond donors (Lipinski definition) is 2. The lowest BCUT2D eigenvalue weighted by atomic mass is 9.95. The fourth-order valence-corrected chi connectivity index (χ4v) is 3.89. The van der Waals surface area contributed by atoms with Crippen molar-refractivity contribution in [3.8, 4) is 0 Å². The fraction of sp³-hybridized carbons (Fsp3) is 0.850. The van der Waals surface area contributed by atoms with Gasteiger partial charge >= 0.3 is 0 Å². The summed E-state index contributed by atoms with van der Waals surface area (Å²) >= 11 is 0. The van der Waals surface area contributed by atoms with Crippen molar-refractivity contribution in [1.82, 2.24) is 20.4 Å². The number of nitrogens with one attached hydrogen (secondary N) is 2. The largest absolute Gasteiger partial charge is 0.354 e. The number of hydrogen-bond acceptors (Lipinski definition) is 3. The van der Waals surface area contributed by atoms with Crippen LogP contribution in [0.2, 0.25) is 0 Å². The summed E-state index contributed by atoms with van der Waals surface area (Å²) in [7, 11) is 3.51. The lowest BCUT2D eigenvalue weighted by Crippen LogP contribution is -2.52. The van der Waals surface area contributed by atoms with E-state index < -0.39 is 0 Å². The van der Waals surface area contributed by atoms with Crippen LogP contribution in [0.4, 0.5) is 0 Å². The van der Waals surface area contributed by atoms with Crippen molar-refractivity contribution in [2.75, 3.05) is 33.7 Å². The molecule has 0 aromatic rings. The Morgan fingerprint density at radius 3 is 2.07 bits per heavy atom. The minimum absolute atomic E-state index is 0.00425. The fourth-order valence-electron chi connectivity index (χ4n) is 3.89. The van der Waals surface area contributed by atoms with Crippen LogP contribution in [0.1, 0.15) is 57.8 Å². The van der Waals surface area contributed by atoms with E-state index in [-0.39, 0.29) is 12.5 Å². The van der Waals surface area contributed by atoms with Crippen LogP contribution in [0.3, 0.4) is 0 Å². The third-order valence-electron chi connectivity index (χ3n) is 5.89. The van der Waals surface area contributed by atoms with Gasteiger partial charge in [0.1, 0.15) is 6.54 Å². The molecular formula is C20H35N5O2. The number of nitrogens with zero attached hydrogens (tertiary/aromatic N) is 3. The molecule has 27 heavy (non-hydrogen) atoms. The molecule has 0 radical (unpaired) electrons. The average Bonchev–Trinajstić information content (AvgIpc) is 3.52. The van der Waals surface area contributed by atoms with Crippen molar-refractivity contribution < 1.29 is 9.59 Å². The van der Waals surface area contributed by atoms with Gasteiger partial charge in [-0.3, -0.25) is 9.59 Å². The number of likely N-dealkylation sites (N-methyl/N-ethyl adjacent to an activating group) is 1. The van der Waals surface area contributed by atoms with E-state index in [9.17, 15) is 9.59 Å². The van der Waals surface area contributed by atoms with E-state index in [1.807, 2.05) is 4.90 Å². The second-order valence-corrected chi connectivity index (χ2v) is 8.45. The third-order valence-corrected chi connectivity index (χ3v) is 5.89. The first kappa shape index (κ1) is 20.0. The van der Waals surface area contributed by atoms with Crippen LogP contribution in [0.5, 0.6) is 0 Å². The normalized spacial score (nSPS) is 22.4. The van der Waals surface area contributed by atoms with E-state index >= 15 is 0 Å². The van der Waals surface area contributed by atoms with Crippen molar-refractivity contribution in [2.45, 2.75) is 69.9 Å². The van der Waals surface area contributed by atoms with Gasteiger partial charge < -0.3 is 20.4 Å². The number of rotatable bonds is 5. The molecule has 0 bridgehead atoms. The van der Waals surface area contributed by atoms with Gasteiger partial charge in [0.05, 0.1) is 0 Å². The first-order valence-electron chi connectivity index (χ1n) is 10.6. The minimum Gasteiger partial charge on any atom is -0.354 e.